The van der Waals surface area contributed by atoms with Gasteiger partial charge in [-0.25, -0.2) is 0 Å². The summed E-state index contributed by atoms with van der Waals surface area (Å²) in [5, 5.41) is 0. The van der Waals surface area contributed by atoms with Gasteiger partial charge in [-0.1, -0.05) is 13.8 Å². The summed E-state index contributed by atoms with van der Waals surface area (Å²) in [5.74, 6) is 0.0177. The molecule has 0 saturated carbocycles. The van der Waals surface area contributed by atoms with Crippen LogP contribution in [0.15, 0.2) is 0 Å². The second kappa shape index (κ2) is 7.16. The van der Waals surface area contributed by atoms with Gasteiger partial charge >= 0.3 is 0 Å². The zero-order valence-electron chi connectivity index (χ0n) is 6.19. The summed E-state index contributed by atoms with van der Waals surface area (Å²) >= 11 is 5.10. The molecule has 4 heteroatoms. The van der Waals surface area contributed by atoms with Gasteiger partial charge in [-0.05, 0) is 12.8 Å². The molecule has 1 amide bonds. The van der Waals surface area contributed by atoms with Crippen LogP contribution in [0.4, 0.5) is 0 Å². The lowest BCUT2D eigenvalue weighted by Gasteiger charge is -2.06. The van der Waals surface area contributed by atoms with Crippen molar-refractivity contribution >= 4 is 30.1 Å². The third kappa shape index (κ3) is 3.96. The fourth-order valence-corrected chi connectivity index (χ4v) is 0.891. The third-order valence-electron chi connectivity index (χ3n) is 1.45. The monoisotopic (exact) mass is 185 g/mol. The molecule has 0 aliphatic heterocycles. The summed E-state index contributed by atoms with van der Waals surface area (Å²) in [6.07, 6.45) is 1.71. The van der Waals surface area contributed by atoms with Crippen molar-refractivity contribution in [3.8, 4) is 0 Å². The Hall–Kier alpha value is 0.0500. The Morgan fingerprint density at radius 1 is 1.50 bits per heavy atom. The van der Waals surface area contributed by atoms with Crippen LogP contribution in [-0.2, 0) is 4.79 Å². The minimum atomic E-state index is -0.0679. The Labute approximate surface area is 72.8 Å². The molecule has 62 valence electrons. The standard InChI is InChI=1S/C6H12ClNO.ClH/c1-3-5(4-2)6(9)8-7;/h5H,3-4H2,1-2H3,(H,8,9);1H. The molecule has 10 heavy (non-hydrogen) atoms. The van der Waals surface area contributed by atoms with Gasteiger partial charge in [-0.3, -0.25) is 9.63 Å². The van der Waals surface area contributed by atoms with Crippen molar-refractivity contribution in [3.05, 3.63) is 0 Å². The van der Waals surface area contributed by atoms with Crippen molar-refractivity contribution < 1.29 is 4.79 Å². The molecule has 0 unspecified atom stereocenters. The van der Waals surface area contributed by atoms with E-state index in [1.165, 1.54) is 0 Å². The number of amides is 1. The number of carbonyl (C=O) groups is 1. The molecule has 0 bridgehead atoms. The van der Waals surface area contributed by atoms with Crippen LogP contribution in [-0.4, -0.2) is 5.91 Å². The average Bonchev–Trinajstić information content (AvgIpc) is 1.90. The molecule has 0 fully saturated rings. The quantitative estimate of drug-likeness (QED) is 0.672. The number of rotatable bonds is 3. The normalized spacial score (nSPS) is 8.80. The molecule has 0 saturated heterocycles. The molecule has 0 radical (unpaired) electrons. The smallest absolute Gasteiger partial charge is 0.237 e. The largest absolute Gasteiger partial charge is 0.273 e. The van der Waals surface area contributed by atoms with E-state index in [9.17, 15) is 4.79 Å². The maximum absolute atomic E-state index is 10.7. The fourth-order valence-electron chi connectivity index (χ4n) is 0.737. The lowest BCUT2D eigenvalue weighted by molar-refractivity contribution is -0.123. The van der Waals surface area contributed by atoms with Crippen LogP contribution in [0.5, 0.6) is 0 Å². The molecule has 0 rings (SSSR count). The van der Waals surface area contributed by atoms with E-state index in [4.69, 9.17) is 11.8 Å². The first-order valence-corrected chi connectivity index (χ1v) is 3.54. The summed E-state index contributed by atoms with van der Waals surface area (Å²) < 4.78 is 0. The van der Waals surface area contributed by atoms with Crippen molar-refractivity contribution in [1.82, 2.24) is 4.84 Å². The van der Waals surface area contributed by atoms with E-state index in [1.807, 2.05) is 13.8 Å². The Bertz CT molecular complexity index is 93.7. The zero-order valence-corrected chi connectivity index (χ0v) is 7.76. The van der Waals surface area contributed by atoms with E-state index in [0.717, 1.165) is 12.8 Å². The first-order chi connectivity index (χ1) is 4.26. The molecular formula is C6H13Cl2NO. The summed E-state index contributed by atoms with van der Waals surface area (Å²) in [6, 6.07) is 0. The molecule has 0 aromatic carbocycles. The van der Waals surface area contributed by atoms with Gasteiger partial charge in [0.1, 0.15) is 0 Å². The van der Waals surface area contributed by atoms with Crippen LogP contribution in [0, 0.1) is 5.92 Å². The Balaban J connectivity index is 0. The van der Waals surface area contributed by atoms with E-state index in [1.54, 1.807) is 0 Å². The van der Waals surface area contributed by atoms with Crippen molar-refractivity contribution in [2.45, 2.75) is 26.7 Å². The number of carbonyl (C=O) groups excluding carboxylic acids is 1. The molecular weight excluding hydrogens is 173 g/mol. The van der Waals surface area contributed by atoms with Crippen molar-refractivity contribution in [1.29, 1.82) is 0 Å². The van der Waals surface area contributed by atoms with E-state index in [-0.39, 0.29) is 24.2 Å². The van der Waals surface area contributed by atoms with Gasteiger partial charge in [0.05, 0.1) is 0 Å². The molecule has 0 heterocycles. The molecule has 0 atom stereocenters. The highest BCUT2D eigenvalue weighted by atomic mass is 35.5. The van der Waals surface area contributed by atoms with E-state index >= 15 is 0 Å². The second-order valence-corrected chi connectivity index (χ2v) is 2.16. The first-order valence-electron chi connectivity index (χ1n) is 3.16. The molecule has 0 aliphatic rings. The highest BCUT2D eigenvalue weighted by Gasteiger charge is 2.11. The molecule has 2 nitrogen and oxygen atoms in total. The zero-order chi connectivity index (χ0) is 7.28. The van der Waals surface area contributed by atoms with Crippen LogP contribution >= 0.6 is 24.2 Å². The third-order valence-corrected chi connectivity index (χ3v) is 1.64. The number of hydrogen-bond donors (Lipinski definition) is 1. The van der Waals surface area contributed by atoms with E-state index < -0.39 is 0 Å². The maximum atomic E-state index is 10.7. The van der Waals surface area contributed by atoms with Gasteiger partial charge in [0.25, 0.3) is 0 Å². The van der Waals surface area contributed by atoms with E-state index in [0.29, 0.717) is 0 Å². The number of hydrogen-bond acceptors (Lipinski definition) is 1. The lowest BCUT2D eigenvalue weighted by Crippen LogP contribution is -2.22. The highest BCUT2D eigenvalue weighted by molar-refractivity contribution is 6.21. The molecule has 0 aromatic heterocycles. The Kier molecular flexibility index (Phi) is 9.10. The van der Waals surface area contributed by atoms with Gasteiger partial charge < -0.3 is 0 Å². The van der Waals surface area contributed by atoms with Gasteiger partial charge in [0, 0.05) is 17.7 Å². The first kappa shape index (κ1) is 12.7. The van der Waals surface area contributed by atoms with Crippen molar-refractivity contribution in [3.63, 3.8) is 0 Å². The minimum absolute atomic E-state index is 0. The van der Waals surface area contributed by atoms with Crippen LogP contribution < -0.4 is 4.84 Å². The van der Waals surface area contributed by atoms with Crippen LogP contribution in [0.2, 0.25) is 0 Å². The van der Waals surface area contributed by atoms with Gasteiger partial charge in [0.15, 0.2) is 0 Å². The maximum Gasteiger partial charge on any atom is 0.237 e. The predicted octanol–water partition coefficient (Wildman–Crippen LogP) is 2.11. The molecule has 0 aromatic rings. The summed E-state index contributed by atoms with van der Waals surface area (Å²) in [6.45, 7) is 3.95. The van der Waals surface area contributed by atoms with E-state index in [2.05, 4.69) is 4.84 Å². The van der Waals surface area contributed by atoms with Gasteiger partial charge in [0.2, 0.25) is 5.91 Å². The molecule has 0 aliphatic carbocycles. The topological polar surface area (TPSA) is 29.1 Å². The van der Waals surface area contributed by atoms with Crippen LogP contribution in [0.3, 0.4) is 0 Å². The summed E-state index contributed by atoms with van der Waals surface area (Å²) in [4.78, 5) is 12.8. The second-order valence-electron chi connectivity index (χ2n) is 1.97. The van der Waals surface area contributed by atoms with Gasteiger partial charge in [-0.2, -0.15) is 0 Å². The van der Waals surface area contributed by atoms with Crippen molar-refractivity contribution in [2.75, 3.05) is 0 Å². The highest BCUT2D eigenvalue weighted by Crippen LogP contribution is 2.06. The SMILES string of the molecule is CCC(CC)C(=O)NCl.Cl. The van der Waals surface area contributed by atoms with Crippen molar-refractivity contribution in [2.24, 2.45) is 5.92 Å². The average molecular weight is 186 g/mol. The summed E-state index contributed by atoms with van der Waals surface area (Å²) in [5.41, 5.74) is 0. The fraction of sp³-hybridized carbons (Fsp3) is 0.833. The number of nitrogens with one attached hydrogen (secondary N) is 1. The number of halogens is 2. The Morgan fingerprint density at radius 3 is 2.00 bits per heavy atom. The predicted molar refractivity (Wildman–Crippen MR) is 45.3 cm³/mol. The van der Waals surface area contributed by atoms with Crippen LogP contribution in [0.25, 0.3) is 0 Å². The summed E-state index contributed by atoms with van der Waals surface area (Å²) in [7, 11) is 0. The van der Waals surface area contributed by atoms with Crippen LogP contribution in [0.1, 0.15) is 26.7 Å². The lowest BCUT2D eigenvalue weighted by atomic mass is 10.0. The van der Waals surface area contributed by atoms with Gasteiger partial charge in [-0.15, -0.1) is 12.4 Å². The molecule has 0 spiro atoms. The Morgan fingerprint density at radius 2 is 1.90 bits per heavy atom. The molecule has 1 N–H and O–H groups in total. The minimum Gasteiger partial charge on any atom is -0.273 e.